The smallest absolute Gasteiger partial charge is 0.256 e. The van der Waals surface area contributed by atoms with E-state index >= 15 is 0 Å². The van der Waals surface area contributed by atoms with E-state index in [4.69, 9.17) is 9.47 Å². The maximum atomic E-state index is 12.4. The van der Waals surface area contributed by atoms with Crippen molar-refractivity contribution in [2.75, 3.05) is 68.3 Å². The molecular formula is C24H29N7O3S. The molecule has 1 saturated heterocycles. The molecule has 0 radical (unpaired) electrons. The van der Waals surface area contributed by atoms with Crippen molar-refractivity contribution in [2.24, 2.45) is 0 Å². The fraction of sp³-hybridized carbons (Fsp3) is 0.333. The molecule has 35 heavy (non-hydrogen) atoms. The van der Waals surface area contributed by atoms with E-state index < -0.39 is 0 Å². The standard InChI is InChI=1S/C24H29N7O3S/c1-33-23-19(4-3-9-27-23)22(32)26-11-10-25-20-16-21(30-24(29-20)35-2)28-17-5-7-18(8-6-17)31-12-14-34-15-13-31/h3-9,16H,10-15H2,1-2H3,(H,26,32)(H2,25,28,29,30). The maximum Gasteiger partial charge on any atom is 0.256 e. The number of aromatic nitrogens is 3. The van der Waals surface area contributed by atoms with Crippen LogP contribution in [0, 0.1) is 0 Å². The Labute approximate surface area is 208 Å². The number of nitrogens with one attached hydrogen (secondary N) is 3. The number of ether oxygens (including phenoxy) is 2. The Hall–Kier alpha value is -3.57. The molecule has 2 aromatic heterocycles. The molecule has 3 aromatic rings. The van der Waals surface area contributed by atoms with Crippen LogP contribution >= 0.6 is 11.8 Å². The van der Waals surface area contributed by atoms with Crippen molar-refractivity contribution in [3.63, 3.8) is 0 Å². The van der Waals surface area contributed by atoms with E-state index in [1.54, 1.807) is 18.3 Å². The summed E-state index contributed by atoms with van der Waals surface area (Å²) in [6.45, 7) is 4.22. The normalized spacial score (nSPS) is 13.3. The lowest BCUT2D eigenvalue weighted by Gasteiger charge is -2.28. The van der Waals surface area contributed by atoms with Crippen molar-refractivity contribution in [1.82, 2.24) is 20.3 Å². The van der Waals surface area contributed by atoms with Crippen molar-refractivity contribution >= 4 is 40.7 Å². The topological polar surface area (TPSA) is 114 Å². The molecule has 1 fully saturated rings. The van der Waals surface area contributed by atoms with E-state index in [0.717, 1.165) is 32.0 Å². The van der Waals surface area contributed by atoms with Crippen LogP contribution in [0.4, 0.5) is 23.0 Å². The number of amides is 1. The highest BCUT2D eigenvalue weighted by Crippen LogP contribution is 2.24. The molecule has 11 heteroatoms. The lowest BCUT2D eigenvalue weighted by atomic mass is 10.2. The van der Waals surface area contributed by atoms with E-state index in [1.807, 2.05) is 24.5 Å². The molecular weight excluding hydrogens is 466 g/mol. The van der Waals surface area contributed by atoms with E-state index in [2.05, 4.69) is 47.9 Å². The van der Waals surface area contributed by atoms with Gasteiger partial charge in [-0.2, -0.15) is 0 Å². The summed E-state index contributed by atoms with van der Waals surface area (Å²) in [4.78, 5) is 27.8. The van der Waals surface area contributed by atoms with Crippen molar-refractivity contribution in [1.29, 1.82) is 0 Å². The number of methoxy groups -OCH3 is 1. The van der Waals surface area contributed by atoms with Crippen LogP contribution < -0.4 is 25.6 Å². The van der Waals surface area contributed by atoms with Crippen LogP contribution in [0.15, 0.2) is 53.8 Å². The minimum Gasteiger partial charge on any atom is -0.480 e. The Morgan fingerprint density at radius 1 is 1.11 bits per heavy atom. The van der Waals surface area contributed by atoms with Gasteiger partial charge in [0.25, 0.3) is 5.91 Å². The molecule has 0 unspecified atom stereocenters. The SMILES string of the molecule is COc1ncccc1C(=O)NCCNc1cc(Nc2ccc(N3CCOCC3)cc2)nc(SC)n1. The number of hydrogen-bond donors (Lipinski definition) is 3. The second-order valence-corrected chi connectivity index (χ2v) is 8.41. The molecule has 0 atom stereocenters. The largest absolute Gasteiger partial charge is 0.480 e. The van der Waals surface area contributed by atoms with Gasteiger partial charge in [-0.15, -0.1) is 0 Å². The molecule has 1 amide bonds. The van der Waals surface area contributed by atoms with E-state index in [1.165, 1.54) is 24.6 Å². The first-order valence-corrected chi connectivity index (χ1v) is 12.5. The zero-order chi connectivity index (χ0) is 24.5. The Morgan fingerprint density at radius 2 is 1.89 bits per heavy atom. The molecule has 0 saturated carbocycles. The molecule has 3 N–H and O–H groups in total. The second-order valence-electron chi connectivity index (χ2n) is 7.64. The van der Waals surface area contributed by atoms with Crippen molar-refractivity contribution in [3.8, 4) is 5.88 Å². The fourth-order valence-electron chi connectivity index (χ4n) is 3.58. The van der Waals surface area contributed by atoms with Crippen LogP contribution in [0.25, 0.3) is 0 Å². The fourth-order valence-corrected chi connectivity index (χ4v) is 3.96. The first-order chi connectivity index (χ1) is 17.2. The third kappa shape index (κ3) is 6.74. The van der Waals surface area contributed by atoms with Crippen molar-refractivity contribution < 1.29 is 14.3 Å². The lowest BCUT2D eigenvalue weighted by Crippen LogP contribution is -2.36. The highest BCUT2D eigenvalue weighted by atomic mass is 32.2. The second kappa shape index (κ2) is 12.2. The van der Waals surface area contributed by atoms with Crippen LogP contribution in [-0.2, 0) is 4.74 Å². The van der Waals surface area contributed by atoms with Gasteiger partial charge < -0.3 is 30.3 Å². The van der Waals surface area contributed by atoms with Crippen LogP contribution in [0.2, 0.25) is 0 Å². The number of rotatable bonds is 10. The van der Waals surface area contributed by atoms with Crippen molar-refractivity contribution in [3.05, 3.63) is 54.2 Å². The third-order valence-electron chi connectivity index (χ3n) is 5.33. The Kier molecular flexibility index (Phi) is 8.58. The first-order valence-electron chi connectivity index (χ1n) is 11.3. The Morgan fingerprint density at radius 3 is 2.63 bits per heavy atom. The molecule has 1 aliphatic rings. The maximum absolute atomic E-state index is 12.4. The number of benzene rings is 1. The number of thioether (sulfide) groups is 1. The third-order valence-corrected chi connectivity index (χ3v) is 5.88. The summed E-state index contributed by atoms with van der Waals surface area (Å²) < 4.78 is 10.6. The summed E-state index contributed by atoms with van der Waals surface area (Å²) in [5.74, 6) is 1.42. The molecule has 1 aliphatic heterocycles. The summed E-state index contributed by atoms with van der Waals surface area (Å²) in [5, 5.41) is 10.1. The summed E-state index contributed by atoms with van der Waals surface area (Å²) in [6, 6.07) is 13.5. The van der Waals surface area contributed by atoms with Gasteiger partial charge in [-0.05, 0) is 42.7 Å². The number of morpholine rings is 1. The number of pyridine rings is 1. The number of nitrogens with zero attached hydrogens (tertiary/aromatic N) is 4. The molecule has 184 valence electrons. The number of carbonyl (C=O) groups is 1. The Bertz CT molecular complexity index is 1120. The van der Waals surface area contributed by atoms with Gasteiger partial charge in [0.05, 0.1) is 20.3 Å². The average molecular weight is 496 g/mol. The molecule has 1 aromatic carbocycles. The summed E-state index contributed by atoms with van der Waals surface area (Å²) in [7, 11) is 1.49. The van der Waals surface area contributed by atoms with Crippen LogP contribution in [0.5, 0.6) is 5.88 Å². The average Bonchev–Trinajstić information content (AvgIpc) is 2.91. The van der Waals surface area contributed by atoms with E-state index in [9.17, 15) is 4.79 Å². The molecule has 0 spiro atoms. The van der Waals surface area contributed by atoms with Crippen LogP contribution in [-0.4, -0.2) is 73.6 Å². The quantitative estimate of drug-likeness (QED) is 0.220. The molecule has 10 nitrogen and oxygen atoms in total. The van der Waals surface area contributed by atoms with Crippen molar-refractivity contribution in [2.45, 2.75) is 5.16 Å². The molecule has 3 heterocycles. The predicted molar refractivity (Wildman–Crippen MR) is 138 cm³/mol. The first kappa shape index (κ1) is 24.6. The summed E-state index contributed by atoms with van der Waals surface area (Å²) in [6.07, 6.45) is 3.52. The monoisotopic (exact) mass is 495 g/mol. The van der Waals surface area contributed by atoms with Gasteiger partial charge in [0.15, 0.2) is 5.16 Å². The van der Waals surface area contributed by atoms with Gasteiger partial charge in [0, 0.05) is 49.8 Å². The lowest BCUT2D eigenvalue weighted by molar-refractivity contribution is 0.0951. The van der Waals surface area contributed by atoms with E-state index in [-0.39, 0.29) is 5.91 Å². The number of anilines is 4. The van der Waals surface area contributed by atoms with Gasteiger partial charge in [-0.1, -0.05) is 11.8 Å². The van der Waals surface area contributed by atoms with Gasteiger partial charge >= 0.3 is 0 Å². The minimum atomic E-state index is -0.243. The minimum absolute atomic E-state index is 0.243. The molecule has 0 aliphatic carbocycles. The van der Waals surface area contributed by atoms with Crippen LogP contribution in [0.1, 0.15) is 10.4 Å². The van der Waals surface area contributed by atoms with Gasteiger partial charge in [-0.3, -0.25) is 4.79 Å². The van der Waals surface area contributed by atoms with E-state index in [0.29, 0.717) is 41.3 Å². The zero-order valence-corrected chi connectivity index (χ0v) is 20.6. The Balaban J connectivity index is 1.33. The van der Waals surface area contributed by atoms with Gasteiger partial charge in [-0.25, -0.2) is 15.0 Å². The zero-order valence-electron chi connectivity index (χ0n) is 19.8. The molecule has 4 rings (SSSR count). The summed E-state index contributed by atoms with van der Waals surface area (Å²) in [5.41, 5.74) is 2.52. The highest BCUT2D eigenvalue weighted by molar-refractivity contribution is 7.98. The molecule has 0 bridgehead atoms. The van der Waals surface area contributed by atoms with Crippen LogP contribution in [0.3, 0.4) is 0 Å². The predicted octanol–water partition coefficient (Wildman–Crippen LogP) is 3.02. The number of hydrogen-bond acceptors (Lipinski definition) is 10. The van der Waals surface area contributed by atoms with Gasteiger partial charge in [0.2, 0.25) is 5.88 Å². The highest BCUT2D eigenvalue weighted by Gasteiger charge is 2.13. The van der Waals surface area contributed by atoms with Gasteiger partial charge in [0.1, 0.15) is 17.2 Å². The summed E-state index contributed by atoms with van der Waals surface area (Å²) >= 11 is 1.46. The number of carbonyl (C=O) groups excluding carboxylic acids is 1.